The molecule has 1 aromatic carbocycles. The number of aromatic hydroxyl groups is 1. The molecule has 0 aliphatic rings. The molecule has 0 bridgehead atoms. The fourth-order valence-corrected chi connectivity index (χ4v) is 3.92. The lowest BCUT2D eigenvalue weighted by atomic mass is 10.0. The number of hydrogen-bond acceptors (Lipinski definition) is 12. The Labute approximate surface area is 238 Å². The molecule has 1 aromatic rings. The van der Waals surface area contributed by atoms with Crippen LogP contribution >= 0.6 is 12.8 Å². The fraction of sp³-hybridized carbons (Fsp3) is 0.583. The van der Waals surface area contributed by atoms with Crippen LogP contribution in [0.1, 0.15) is 37.7 Å². The van der Waals surface area contributed by atoms with Crippen molar-refractivity contribution in [1.82, 2.24) is 26.0 Å². The minimum absolute atomic E-state index is 0.0201. The second-order valence-electron chi connectivity index (χ2n) is 9.16. The highest BCUT2D eigenvalue weighted by molar-refractivity contribution is 7.78. The number of amides is 3. The summed E-state index contributed by atoms with van der Waals surface area (Å²) in [5.74, 6) is -3.47. The van der Waals surface area contributed by atoms with E-state index in [0.29, 0.717) is 44.3 Å². The van der Waals surface area contributed by atoms with Crippen molar-refractivity contribution in [3.63, 3.8) is 0 Å². The number of unbranched alkanes of at least 4 members (excludes halogenated alkanes) is 1. The van der Waals surface area contributed by atoms with Gasteiger partial charge >= 0.3 is 5.97 Å². The van der Waals surface area contributed by atoms with E-state index in [1.807, 2.05) is 0 Å². The van der Waals surface area contributed by atoms with Crippen molar-refractivity contribution in [3.05, 3.63) is 29.8 Å². The molecule has 4 atom stereocenters. The summed E-state index contributed by atoms with van der Waals surface area (Å²) in [7, 11) is 0. The van der Waals surface area contributed by atoms with Gasteiger partial charge in [0.1, 0.15) is 30.2 Å². The lowest BCUT2D eigenvalue weighted by molar-refractivity contribution is -0.143. The summed E-state index contributed by atoms with van der Waals surface area (Å²) in [6.07, 6.45) is 1.37. The molecule has 0 radical (unpaired) electrons. The molecule has 0 unspecified atom stereocenters. The summed E-state index contributed by atoms with van der Waals surface area (Å²) >= 11 is 4.03. The first kappa shape index (κ1) is 35.0. The van der Waals surface area contributed by atoms with Crippen LogP contribution in [0.3, 0.4) is 0 Å². The van der Waals surface area contributed by atoms with E-state index < -0.39 is 60.8 Å². The summed E-state index contributed by atoms with van der Waals surface area (Å²) in [6.45, 7) is -0.0967. The molecular weight excluding hydrogens is 544 g/mol. The number of aliphatic hydroxyl groups is 1. The van der Waals surface area contributed by atoms with E-state index in [0.717, 1.165) is 0 Å². The molecule has 14 N–H and O–H groups in total. The lowest BCUT2D eigenvalue weighted by Crippen LogP contribution is -2.58. The number of carboxylic acids is 1. The summed E-state index contributed by atoms with van der Waals surface area (Å²) < 4.78 is 2.62. The number of carbonyl (C=O) groups excluding carboxylic acids is 3. The summed E-state index contributed by atoms with van der Waals surface area (Å²) in [6, 6.07) is 1.38. The van der Waals surface area contributed by atoms with Gasteiger partial charge in [0.05, 0.1) is 12.6 Å². The molecule has 15 nitrogen and oxygen atoms in total. The average Bonchev–Trinajstić information content (AvgIpc) is 2.91. The molecule has 0 heterocycles. The van der Waals surface area contributed by atoms with E-state index >= 15 is 0 Å². The predicted octanol–water partition coefficient (Wildman–Crippen LogP) is -3.03. The van der Waals surface area contributed by atoms with Gasteiger partial charge in [-0.15, -0.1) is 0 Å². The van der Waals surface area contributed by atoms with E-state index in [9.17, 15) is 34.5 Å². The Balaban J connectivity index is 3.14. The Morgan fingerprint density at radius 2 is 1.38 bits per heavy atom. The second-order valence-corrected chi connectivity index (χ2v) is 9.42. The molecule has 0 fully saturated rings. The lowest BCUT2D eigenvalue weighted by Gasteiger charge is -2.26. The molecule has 3 amide bonds. The first-order valence-electron chi connectivity index (χ1n) is 12.9. The van der Waals surface area contributed by atoms with Crippen LogP contribution in [0.5, 0.6) is 5.75 Å². The smallest absolute Gasteiger partial charge is 0.328 e. The van der Waals surface area contributed by atoms with Crippen molar-refractivity contribution in [2.45, 2.75) is 69.0 Å². The molecule has 0 aromatic heterocycles. The number of rotatable bonds is 20. The Hall–Kier alpha value is -2.99. The standard InChI is InChI=1S/C24H42N8O7S/c25-10-2-1-4-17(32-40)21(36)30-18(12-14-6-8-15(34)9-7-14)22(37)29-16(5-3-11-28-24(26)27)20(35)31-19(13-33)23(38)39/h6-9,16-19,24,28,32-34,40H,1-5,10-13,25-27H2,(H,29,37)(H,30,36)(H,31,35)(H,38,39)/t16-,17-,18-,19-/m0/s1. The van der Waals surface area contributed by atoms with Crippen LogP contribution in [0.2, 0.25) is 0 Å². The van der Waals surface area contributed by atoms with Crippen molar-refractivity contribution in [2.75, 3.05) is 19.7 Å². The van der Waals surface area contributed by atoms with Crippen LogP contribution < -0.4 is 43.2 Å². The third-order valence-electron chi connectivity index (χ3n) is 5.91. The Kier molecular flexibility index (Phi) is 16.8. The van der Waals surface area contributed by atoms with Gasteiger partial charge in [0.2, 0.25) is 17.7 Å². The number of aliphatic hydroxyl groups excluding tert-OH is 1. The first-order chi connectivity index (χ1) is 19.0. The van der Waals surface area contributed by atoms with Gasteiger partial charge < -0.3 is 48.5 Å². The number of carboxylic acid groups (broad SMARTS) is 1. The number of nitrogens with two attached hydrogens (primary N) is 3. The van der Waals surface area contributed by atoms with Crippen molar-refractivity contribution in [2.24, 2.45) is 17.2 Å². The van der Waals surface area contributed by atoms with Gasteiger partial charge in [0, 0.05) is 6.42 Å². The number of phenolic OH excluding ortho intramolecular Hbond substituents is 1. The van der Waals surface area contributed by atoms with Gasteiger partial charge in [0.15, 0.2) is 0 Å². The Morgan fingerprint density at radius 1 is 0.825 bits per heavy atom. The molecular formula is C24H42N8O7S. The van der Waals surface area contributed by atoms with Gasteiger partial charge in [-0.3, -0.25) is 24.4 Å². The number of nitrogens with one attached hydrogen (secondary N) is 5. The number of hydrogen-bond donors (Lipinski definition) is 12. The number of carbonyl (C=O) groups is 4. The van der Waals surface area contributed by atoms with Crippen molar-refractivity contribution < 1.29 is 34.5 Å². The number of phenols is 1. The maximum absolute atomic E-state index is 13.4. The predicted molar refractivity (Wildman–Crippen MR) is 151 cm³/mol. The van der Waals surface area contributed by atoms with Gasteiger partial charge in [-0.2, -0.15) is 0 Å². The van der Waals surface area contributed by atoms with Crippen LogP contribution in [0, 0.1) is 0 Å². The molecule has 0 aliphatic carbocycles. The van der Waals surface area contributed by atoms with Crippen LogP contribution in [0.25, 0.3) is 0 Å². The zero-order valence-corrected chi connectivity index (χ0v) is 23.1. The Bertz CT molecular complexity index is 938. The van der Waals surface area contributed by atoms with Gasteiger partial charge in [-0.05, 0) is 56.5 Å². The van der Waals surface area contributed by atoms with Crippen LogP contribution in [-0.4, -0.2) is 89.2 Å². The molecule has 0 saturated heterocycles. The first-order valence-corrected chi connectivity index (χ1v) is 13.3. The van der Waals surface area contributed by atoms with Crippen molar-refractivity contribution in [3.8, 4) is 5.75 Å². The van der Waals surface area contributed by atoms with Gasteiger partial charge in [-0.25, -0.2) is 4.79 Å². The van der Waals surface area contributed by atoms with Crippen LogP contribution in [0.15, 0.2) is 24.3 Å². The van der Waals surface area contributed by atoms with Crippen LogP contribution in [0.4, 0.5) is 0 Å². The molecule has 226 valence electrons. The number of aliphatic carboxylic acids is 1. The van der Waals surface area contributed by atoms with E-state index in [4.69, 9.17) is 17.2 Å². The highest BCUT2D eigenvalue weighted by Gasteiger charge is 2.30. The zero-order valence-electron chi connectivity index (χ0n) is 22.2. The van der Waals surface area contributed by atoms with Crippen LogP contribution in [-0.2, 0) is 25.6 Å². The van der Waals surface area contributed by atoms with Gasteiger partial charge in [0.25, 0.3) is 0 Å². The topological polar surface area (TPSA) is 267 Å². The monoisotopic (exact) mass is 586 g/mol. The molecule has 16 heteroatoms. The quantitative estimate of drug-likeness (QED) is 0.0413. The van der Waals surface area contributed by atoms with Crippen molar-refractivity contribution >= 4 is 36.5 Å². The van der Waals surface area contributed by atoms with Crippen molar-refractivity contribution in [1.29, 1.82) is 0 Å². The van der Waals surface area contributed by atoms with E-state index in [2.05, 4.69) is 38.8 Å². The second kappa shape index (κ2) is 19.1. The molecule has 1 rings (SSSR count). The van der Waals surface area contributed by atoms with E-state index in [-0.39, 0.29) is 18.6 Å². The number of benzene rings is 1. The number of thiol groups is 1. The summed E-state index contributed by atoms with van der Waals surface area (Å²) in [5, 5.41) is 38.3. The highest BCUT2D eigenvalue weighted by Crippen LogP contribution is 2.12. The molecule has 40 heavy (non-hydrogen) atoms. The molecule has 0 aliphatic heterocycles. The third kappa shape index (κ3) is 13.4. The summed E-state index contributed by atoms with van der Waals surface area (Å²) in [4.78, 5) is 50.6. The van der Waals surface area contributed by atoms with E-state index in [1.165, 1.54) is 12.1 Å². The Morgan fingerprint density at radius 3 is 1.93 bits per heavy atom. The average molecular weight is 587 g/mol. The van der Waals surface area contributed by atoms with Gasteiger partial charge in [-0.1, -0.05) is 31.4 Å². The SMILES string of the molecule is NCCCC[C@H](NS)C(=O)N[C@@H](Cc1ccc(O)cc1)C(=O)N[C@@H](CCCNC(N)N)C(=O)N[C@@H](CO)C(=O)O. The zero-order chi connectivity index (χ0) is 30.1. The maximum Gasteiger partial charge on any atom is 0.328 e. The normalized spacial score (nSPS) is 14.2. The highest BCUT2D eigenvalue weighted by atomic mass is 32.1. The largest absolute Gasteiger partial charge is 0.508 e. The van der Waals surface area contributed by atoms with E-state index in [1.54, 1.807) is 12.1 Å². The molecule has 0 spiro atoms. The maximum atomic E-state index is 13.4. The molecule has 0 saturated carbocycles. The third-order valence-corrected chi connectivity index (χ3v) is 6.22. The summed E-state index contributed by atoms with van der Waals surface area (Å²) in [5.41, 5.74) is 17.1. The fourth-order valence-electron chi connectivity index (χ4n) is 3.67. The minimum Gasteiger partial charge on any atom is -0.508 e. The minimum atomic E-state index is -1.58.